The van der Waals surface area contributed by atoms with Crippen molar-refractivity contribution in [2.45, 2.75) is 45.7 Å². The van der Waals surface area contributed by atoms with Gasteiger partial charge in [0, 0.05) is 11.7 Å². The molecule has 1 aromatic heterocycles. The number of amides is 1. The maximum absolute atomic E-state index is 12.0. The van der Waals surface area contributed by atoms with Crippen molar-refractivity contribution in [3.63, 3.8) is 0 Å². The molecule has 100 valence electrons. The molecule has 1 aromatic rings. The number of aryl methyl sites for hydroxylation is 2. The summed E-state index contributed by atoms with van der Waals surface area (Å²) in [5.74, 6) is 0.473. The van der Waals surface area contributed by atoms with Gasteiger partial charge in [-0.3, -0.25) is 9.48 Å². The van der Waals surface area contributed by atoms with Gasteiger partial charge in [0.15, 0.2) is 0 Å². The number of aromatic nitrogens is 2. The standard InChI is InChI=1S/C13H22N4O/c1-9-6-10(2)17(16-9)8-13(18)15-12-5-3-4-11(12)7-14/h6,11-12H,3-5,7-8,14H2,1-2H3,(H,15,18). The third-order valence-corrected chi connectivity index (χ3v) is 3.70. The van der Waals surface area contributed by atoms with E-state index in [1.807, 2.05) is 19.9 Å². The smallest absolute Gasteiger partial charge is 0.241 e. The molecule has 1 fully saturated rings. The Labute approximate surface area is 108 Å². The molecule has 5 nitrogen and oxygen atoms in total. The number of rotatable bonds is 4. The van der Waals surface area contributed by atoms with E-state index in [0.717, 1.165) is 30.7 Å². The van der Waals surface area contributed by atoms with E-state index in [2.05, 4.69) is 10.4 Å². The van der Waals surface area contributed by atoms with E-state index < -0.39 is 0 Å². The second-order valence-corrected chi connectivity index (χ2v) is 5.19. The van der Waals surface area contributed by atoms with Crippen LogP contribution in [0.1, 0.15) is 30.7 Å². The number of hydrogen-bond donors (Lipinski definition) is 2. The van der Waals surface area contributed by atoms with Crippen molar-refractivity contribution in [2.75, 3.05) is 6.54 Å². The van der Waals surface area contributed by atoms with Crippen molar-refractivity contribution < 1.29 is 4.79 Å². The molecule has 1 aliphatic carbocycles. The van der Waals surface area contributed by atoms with Gasteiger partial charge in [-0.25, -0.2) is 0 Å². The fourth-order valence-corrected chi connectivity index (χ4v) is 2.73. The molecule has 1 aliphatic rings. The van der Waals surface area contributed by atoms with Crippen LogP contribution in [0.25, 0.3) is 0 Å². The molecule has 0 saturated heterocycles. The van der Waals surface area contributed by atoms with Crippen LogP contribution in [0.3, 0.4) is 0 Å². The molecule has 0 spiro atoms. The van der Waals surface area contributed by atoms with Gasteiger partial charge in [0.25, 0.3) is 0 Å². The van der Waals surface area contributed by atoms with Gasteiger partial charge in [0.05, 0.1) is 5.69 Å². The Morgan fingerprint density at radius 3 is 2.94 bits per heavy atom. The van der Waals surface area contributed by atoms with Crippen molar-refractivity contribution in [3.05, 3.63) is 17.5 Å². The normalized spacial score (nSPS) is 23.3. The molecule has 2 atom stereocenters. The van der Waals surface area contributed by atoms with E-state index in [9.17, 15) is 4.79 Å². The minimum absolute atomic E-state index is 0.0338. The zero-order valence-corrected chi connectivity index (χ0v) is 11.1. The second-order valence-electron chi connectivity index (χ2n) is 5.19. The molecule has 1 amide bonds. The molecule has 5 heteroatoms. The molecule has 3 N–H and O–H groups in total. The van der Waals surface area contributed by atoms with Gasteiger partial charge in [0.1, 0.15) is 6.54 Å². The fraction of sp³-hybridized carbons (Fsp3) is 0.692. The van der Waals surface area contributed by atoms with E-state index in [1.165, 1.54) is 0 Å². The average Bonchev–Trinajstić information content (AvgIpc) is 2.86. The lowest BCUT2D eigenvalue weighted by Crippen LogP contribution is -2.41. The lowest BCUT2D eigenvalue weighted by Gasteiger charge is -2.19. The summed E-state index contributed by atoms with van der Waals surface area (Å²) in [7, 11) is 0. The highest BCUT2D eigenvalue weighted by Crippen LogP contribution is 2.24. The number of carbonyl (C=O) groups is 1. The molecule has 0 aliphatic heterocycles. The predicted molar refractivity (Wildman–Crippen MR) is 70.0 cm³/mol. The van der Waals surface area contributed by atoms with Crippen LogP contribution in [0.15, 0.2) is 6.07 Å². The van der Waals surface area contributed by atoms with Gasteiger partial charge < -0.3 is 11.1 Å². The van der Waals surface area contributed by atoms with Crippen LogP contribution < -0.4 is 11.1 Å². The van der Waals surface area contributed by atoms with Crippen molar-refractivity contribution >= 4 is 5.91 Å². The van der Waals surface area contributed by atoms with Crippen LogP contribution in [0.2, 0.25) is 0 Å². The molecule has 0 aromatic carbocycles. The SMILES string of the molecule is Cc1cc(C)n(CC(=O)NC2CCCC2CN)n1. The van der Waals surface area contributed by atoms with E-state index >= 15 is 0 Å². The highest BCUT2D eigenvalue weighted by molar-refractivity contribution is 5.76. The van der Waals surface area contributed by atoms with E-state index in [1.54, 1.807) is 4.68 Å². The lowest BCUT2D eigenvalue weighted by atomic mass is 10.0. The minimum atomic E-state index is 0.0338. The van der Waals surface area contributed by atoms with Crippen molar-refractivity contribution in [3.8, 4) is 0 Å². The maximum atomic E-state index is 12.0. The van der Waals surface area contributed by atoms with Gasteiger partial charge in [-0.15, -0.1) is 0 Å². The largest absolute Gasteiger partial charge is 0.351 e. The lowest BCUT2D eigenvalue weighted by molar-refractivity contribution is -0.122. The molecule has 1 heterocycles. The zero-order valence-electron chi connectivity index (χ0n) is 11.1. The zero-order chi connectivity index (χ0) is 13.1. The van der Waals surface area contributed by atoms with Gasteiger partial charge >= 0.3 is 0 Å². The first-order valence-electron chi connectivity index (χ1n) is 6.60. The molecular weight excluding hydrogens is 228 g/mol. The maximum Gasteiger partial charge on any atom is 0.241 e. The number of carbonyl (C=O) groups excluding carboxylic acids is 1. The van der Waals surface area contributed by atoms with E-state index in [4.69, 9.17) is 5.73 Å². The quantitative estimate of drug-likeness (QED) is 0.828. The van der Waals surface area contributed by atoms with Gasteiger partial charge in [0.2, 0.25) is 5.91 Å². The first-order valence-corrected chi connectivity index (χ1v) is 6.60. The Kier molecular flexibility index (Phi) is 4.01. The fourth-order valence-electron chi connectivity index (χ4n) is 2.73. The Bertz CT molecular complexity index is 427. The third-order valence-electron chi connectivity index (χ3n) is 3.70. The van der Waals surface area contributed by atoms with Gasteiger partial charge in [-0.05, 0) is 45.2 Å². The Morgan fingerprint density at radius 1 is 1.56 bits per heavy atom. The highest BCUT2D eigenvalue weighted by Gasteiger charge is 2.27. The monoisotopic (exact) mass is 250 g/mol. The molecule has 0 bridgehead atoms. The first kappa shape index (κ1) is 13.1. The van der Waals surface area contributed by atoms with E-state index in [-0.39, 0.29) is 11.9 Å². The molecule has 2 rings (SSSR count). The summed E-state index contributed by atoms with van der Waals surface area (Å²) in [6.07, 6.45) is 3.33. The molecule has 18 heavy (non-hydrogen) atoms. The number of nitrogens with zero attached hydrogens (tertiary/aromatic N) is 2. The Balaban J connectivity index is 1.91. The molecule has 2 unspecified atom stereocenters. The summed E-state index contributed by atoms with van der Waals surface area (Å²) in [6.45, 7) is 4.85. The predicted octanol–water partition coefficient (Wildman–Crippen LogP) is 0.744. The summed E-state index contributed by atoms with van der Waals surface area (Å²) >= 11 is 0. The first-order chi connectivity index (χ1) is 8.60. The number of nitrogens with two attached hydrogens (primary N) is 1. The third kappa shape index (κ3) is 2.90. The minimum Gasteiger partial charge on any atom is -0.351 e. The number of hydrogen-bond acceptors (Lipinski definition) is 3. The van der Waals surface area contributed by atoms with Crippen LogP contribution in [0.5, 0.6) is 0 Å². The molecular formula is C13H22N4O. The molecule has 0 radical (unpaired) electrons. The number of nitrogens with one attached hydrogen (secondary N) is 1. The van der Waals surface area contributed by atoms with Crippen LogP contribution in [-0.2, 0) is 11.3 Å². The van der Waals surface area contributed by atoms with Crippen molar-refractivity contribution in [1.82, 2.24) is 15.1 Å². The van der Waals surface area contributed by atoms with E-state index in [0.29, 0.717) is 19.0 Å². The molecule has 1 saturated carbocycles. The Hall–Kier alpha value is -1.36. The van der Waals surface area contributed by atoms with Gasteiger partial charge in [-0.2, -0.15) is 5.10 Å². The van der Waals surface area contributed by atoms with Crippen LogP contribution in [-0.4, -0.2) is 28.3 Å². The van der Waals surface area contributed by atoms with Crippen molar-refractivity contribution in [2.24, 2.45) is 11.7 Å². The van der Waals surface area contributed by atoms with Crippen molar-refractivity contribution in [1.29, 1.82) is 0 Å². The van der Waals surface area contributed by atoms with Crippen LogP contribution >= 0.6 is 0 Å². The average molecular weight is 250 g/mol. The summed E-state index contributed by atoms with van der Waals surface area (Å²) in [4.78, 5) is 12.0. The summed E-state index contributed by atoms with van der Waals surface area (Å²) < 4.78 is 1.75. The van der Waals surface area contributed by atoms with Gasteiger partial charge in [-0.1, -0.05) is 6.42 Å². The summed E-state index contributed by atoms with van der Waals surface area (Å²) in [5, 5.41) is 7.38. The second kappa shape index (κ2) is 5.52. The highest BCUT2D eigenvalue weighted by atomic mass is 16.2. The van der Waals surface area contributed by atoms with Crippen LogP contribution in [0.4, 0.5) is 0 Å². The Morgan fingerprint density at radius 2 is 2.33 bits per heavy atom. The topological polar surface area (TPSA) is 72.9 Å². The summed E-state index contributed by atoms with van der Waals surface area (Å²) in [6, 6.07) is 2.23. The van der Waals surface area contributed by atoms with Crippen LogP contribution in [0, 0.1) is 19.8 Å². The summed E-state index contributed by atoms with van der Waals surface area (Å²) in [5.41, 5.74) is 7.67.